The Labute approximate surface area is 128 Å². The average Bonchev–Trinajstić information content (AvgIpc) is 3.02. The number of benzene rings is 2. The van der Waals surface area contributed by atoms with E-state index in [0.29, 0.717) is 5.69 Å². The minimum absolute atomic E-state index is 0.115. The van der Waals surface area contributed by atoms with Crippen molar-refractivity contribution in [1.29, 1.82) is 0 Å². The molecule has 2 aromatic carbocycles. The minimum Gasteiger partial charge on any atom is -0.379 e. The van der Waals surface area contributed by atoms with E-state index in [0.717, 1.165) is 5.56 Å². The summed E-state index contributed by atoms with van der Waals surface area (Å²) in [6, 6.07) is 13.1. The van der Waals surface area contributed by atoms with Gasteiger partial charge in [-0.25, -0.2) is 9.67 Å². The van der Waals surface area contributed by atoms with Crippen LogP contribution in [0.1, 0.15) is 5.56 Å². The first-order valence-corrected chi connectivity index (χ1v) is 7.92. The molecule has 0 spiro atoms. The zero-order chi connectivity index (χ0) is 15.6. The predicted molar refractivity (Wildman–Crippen MR) is 80.4 cm³/mol. The Morgan fingerprint density at radius 1 is 1.09 bits per heavy atom. The van der Waals surface area contributed by atoms with Crippen LogP contribution < -0.4 is 4.18 Å². The van der Waals surface area contributed by atoms with Crippen LogP contribution in [0.2, 0.25) is 0 Å². The number of rotatable bonds is 4. The molecular weight excluding hydrogens is 302 g/mol. The van der Waals surface area contributed by atoms with Crippen molar-refractivity contribution in [3.05, 3.63) is 66.7 Å². The fourth-order valence-electron chi connectivity index (χ4n) is 1.90. The highest BCUT2D eigenvalue weighted by Gasteiger charge is 2.16. The fraction of sp³-hybridized carbons (Fsp3) is 0.0667. The highest BCUT2D eigenvalue weighted by Crippen LogP contribution is 2.21. The molecule has 22 heavy (non-hydrogen) atoms. The molecule has 0 bridgehead atoms. The van der Waals surface area contributed by atoms with Gasteiger partial charge in [-0.2, -0.15) is 13.5 Å². The summed E-state index contributed by atoms with van der Waals surface area (Å²) >= 11 is 0. The second kappa shape index (κ2) is 5.61. The molecular formula is C15H13N3O3S. The van der Waals surface area contributed by atoms with E-state index in [4.69, 9.17) is 4.18 Å². The Bertz CT molecular complexity index is 873. The molecule has 0 unspecified atom stereocenters. The number of nitrogens with zero attached hydrogens (tertiary/aromatic N) is 3. The molecule has 0 saturated carbocycles. The number of hydrogen-bond donors (Lipinski definition) is 0. The summed E-state index contributed by atoms with van der Waals surface area (Å²) in [5.74, 6) is 0.216. The molecule has 112 valence electrons. The molecule has 0 aliphatic rings. The van der Waals surface area contributed by atoms with Crippen molar-refractivity contribution in [2.45, 2.75) is 11.8 Å². The number of aromatic nitrogens is 3. The van der Waals surface area contributed by atoms with Crippen LogP contribution in [0.25, 0.3) is 5.69 Å². The third-order valence-corrected chi connectivity index (χ3v) is 4.28. The SMILES string of the molecule is Cc1ccc(S(=O)(=O)Oc2cccc(-n3cncn3)c2)cc1. The van der Waals surface area contributed by atoms with Crippen molar-refractivity contribution in [2.24, 2.45) is 0 Å². The molecule has 0 fully saturated rings. The van der Waals surface area contributed by atoms with Gasteiger partial charge in [-0.05, 0) is 31.2 Å². The molecule has 0 atom stereocenters. The van der Waals surface area contributed by atoms with E-state index in [1.807, 2.05) is 6.92 Å². The number of aryl methyl sites for hydroxylation is 1. The summed E-state index contributed by atoms with van der Waals surface area (Å²) in [6.45, 7) is 1.89. The van der Waals surface area contributed by atoms with Crippen LogP contribution in [0.3, 0.4) is 0 Å². The van der Waals surface area contributed by atoms with Gasteiger partial charge in [0.15, 0.2) is 0 Å². The van der Waals surface area contributed by atoms with Crippen molar-refractivity contribution in [3.8, 4) is 11.4 Å². The molecule has 0 aliphatic heterocycles. The van der Waals surface area contributed by atoms with Gasteiger partial charge >= 0.3 is 10.1 Å². The van der Waals surface area contributed by atoms with E-state index in [2.05, 4.69) is 10.1 Å². The van der Waals surface area contributed by atoms with Crippen LogP contribution >= 0.6 is 0 Å². The van der Waals surface area contributed by atoms with Crippen molar-refractivity contribution in [2.75, 3.05) is 0 Å². The van der Waals surface area contributed by atoms with Crippen molar-refractivity contribution < 1.29 is 12.6 Å². The first kappa shape index (κ1) is 14.3. The van der Waals surface area contributed by atoms with E-state index in [1.165, 1.54) is 29.5 Å². The summed E-state index contributed by atoms with van der Waals surface area (Å²) < 4.78 is 31.2. The largest absolute Gasteiger partial charge is 0.379 e. The first-order chi connectivity index (χ1) is 10.5. The molecule has 3 rings (SSSR count). The van der Waals surface area contributed by atoms with Crippen LogP contribution in [0.5, 0.6) is 5.75 Å². The molecule has 0 saturated heterocycles. The van der Waals surface area contributed by atoms with Crippen LogP contribution in [0.4, 0.5) is 0 Å². The van der Waals surface area contributed by atoms with Crippen molar-refractivity contribution in [3.63, 3.8) is 0 Å². The second-order valence-electron chi connectivity index (χ2n) is 4.69. The molecule has 0 N–H and O–H groups in total. The van der Waals surface area contributed by atoms with Crippen LogP contribution in [0, 0.1) is 6.92 Å². The zero-order valence-electron chi connectivity index (χ0n) is 11.7. The van der Waals surface area contributed by atoms with Gasteiger partial charge < -0.3 is 4.18 Å². The lowest BCUT2D eigenvalue weighted by Gasteiger charge is -2.08. The molecule has 0 amide bonds. The monoisotopic (exact) mass is 315 g/mol. The summed E-state index contributed by atoms with van der Waals surface area (Å²) in [5, 5.41) is 3.99. The normalized spacial score (nSPS) is 11.3. The topological polar surface area (TPSA) is 74.1 Å². The van der Waals surface area contributed by atoms with Gasteiger partial charge in [-0.15, -0.1) is 0 Å². The predicted octanol–water partition coefficient (Wildman–Crippen LogP) is 2.34. The molecule has 3 aromatic rings. The molecule has 6 nitrogen and oxygen atoms in total. The Balaban J connectivity index is 1.89. The first-order valence-electron chi connectivity index (χ1n) is 6.51. The van der Waals surface area contributed by atoms with E-state index < -0.39 is 10.1 Å². The minimum atomic E-state index is -3.86. The van der Waals surface area contributed by atoms with Gasteiger partial charge in [0, 0.05) is 6.07 Å². The van der Waals surface area contributed by atoms with Gasteiger partial charge in [0.05, 0.1) is 5.69 Å². The lowest BCUT2D eigenvalue weighted by atomic mass is 10.2. The third kappa shape index (κ3) is 2.99. The van der Waals surface area contributed by atoms with Crippen molar-refractivity contribution >= 4 is 10.1 Å². The third-order valence-electron chi connectivity index (χ3n) is 3.02. The maximum absolute atomic E-state index is 12.3. The van der Waals surface area contributed by atoms with E-state index in [9.17, 15) is 8.42 Å². The van der Waals surface area contributed by atoms with E-state index >= 15 is 0 Å². The van der Waals surface area contributed by atoms with Gasteiger partial charge in [-0.1, -0.05) is 23.8 Å². The second-order valence-corrected chi connectivity index (χ2v) is 6.23. The lowest BCUT2D eigenvalue weighted by molar-refractivity contribution is 0.486. The Morgan fingerprint density at radius 3 is 2.55 bits per heavy atom. The van der Waals surface area contributed by atoms with Gasteiger partial charge in [0.2, 0.25) is 0 Å². The van der Waals surface area contributed by atoms with E-state index in [-0.39, 0.29) is 10.6 Å². The molecule has 0 aliphatic carbocycles. The van der Waals surface area contributed by atoms with Crippen molar-refractivity contribution in [1.82, 2.24) is 14.8 Å². The fourth-order valence-corrected chi connectivity index (χ4v) is 2.82. The highest BCUT2D eigenvalue weighted by atomic mass is 32.2. The summed E-state index contributed by atoms with van der Waals surface area (Å²) in [7, 11) is -3.86. The maximum atomic E-state index is 12.3. The molecule has 1 aromatic heterocycles. The summed E-state index contributed by atoms with van der Waals surface area (Å²) in [4.78, 5) is 3.97. The molecule has 7 heteroatoms. The van der Waals surface area contributed by atoms with Crippen LogP contribution in [0.15, 0.2) is 66.1 Å². The quantitative estimate of drug-likeness (QED) is 0.691. The standard InChI is InChI=1S/C15H13N3O3S/c1-12-5-7-15(8-6-12)22(19,20)21-14-4-2-3-13(9-14)18-11-16-10-17-18/h2-11H,1H3. The molecule has 1 heterocycles. The smallest absolute Gasteiger partial charge is 0.339 e. The van der Waals surface area contributed by atoms with Crippen LogP contribution in [-0.4, -0.2) is 23.2 Å². The van der Waals surface area contributed by atoms with Gasteiger partial charge in [0.1, 0.15) is 23.3 Å². The van der Waals surface area contributed by atoms with Crippen LogP contribution in [-0.2, 0) is 10.1 Å². The van der Waals surface area contributed by atoms with Gasteiger partial charge in [-0.3, -0.25) is 0 Å². The summed E-state index contributed by atoms with van der Waals surface area (Å²) in [5.41, 5.74) is 1.64. The van der Waals surface area contributed by atoms with E-state index in [1.54, 1.807) is 36.4 Å². The Hall–Kier alpha value is -2.67. The molecule has 0 radical (unpaired) electrons. The summed E-state index contributed by atoms with van der Waals surface area (Å²) in [6.07, 6.45) is 2.92. The Kier molecular flexibility index (Phi) is 3.64. The average molecular weight is 315 g/mol. The Morgan fingerprint density at radius 2 is 1.86 bits per heavy atom. The van der Waals surface area contributed by atoms with Gasteiger partial charge in [0.25, 0.3) is 0 Å². The number of hydrogen-bond acceptors (Lipinski definition) is 5. The zero-order valence-corrected chi connectivity index (χ0v) is 12.6. The highest BCUT2D eigenvalue weighted by molar-refractivity contribution is 7.87. The lowest BCUT2D eigenvalue weighted by Crippen LogP contribution is -2.10. The maximum Gasteiger partial charge on any atom is 0.339 e.